The molecule has 0 amide bonds. The van der Waals surface area contributed by atoms with Crippen LogP contribution in [0, 0.1) is 17.1 Å². The molecule has 130 valence electrons. The molecule has 3 rings (SSSR count). The van der Waals surface area contributed by atoms with Crippen molar-refractivity contribution in [3.05, 3.63) is 41.8 Å². The van der Waals surface area contributed by atoms with E-state index in [1.54, 1.807) is 12.3 Å². The van der Waals surface area contributed by atoms with Gasteiger partial charge in [-0.25, -0.2) is 9.37 Å². The van der Waals surface area contributed by atoms with Crippen LogP contribution in [0.25, 0.3) is 0 Å². The van der Waals surface area contributed by atoms with E-state index in [-0.39, 0.29) is 11.9 Å². The predicted molar refractivity (Wildman–Crippen MR) is 96.3 cm³/mol. The highest BCUT2D eigenvalue weighted by Gasteiger charge is 2.22. The van der Waals surface area contributed by atoms with Crippen LogP contribution in [0.5, 0.6) is 0 Å². The lowest BCUT2D eigenvalue weighted by Gasteiger charge is -2.35. The van der Waals surface area contributed by atoms with Crippen LogP contribution in [0.4, 0.5) is 21.8 Å². The second kappa shape index (κ2) is 7.34. The van der Waals surface area contributed by atoms with Crippen molar-refractivity contribution in [2.75, 3.05) is 42.3 Å². The summed E-state index contributed by atoms with van der Waals surface area (Å²) in [5.41, 5.74) is 1.14. The van der Waals surface area contributed by atoms with Gasteiger partial charge in [0.2, 0.25) is 5.95 Å². The fourth-order valence-corrected chi connectivity index (χ4v) is 3.04. The largest absolute Gasteiger partial charge is 0.368 e. The third kappa shape index (κ3) is 3.97. The van der Waals surface area contributed by atoms with Gasteiger partial charge in [-0.2, -0.15) is 10.2 Å². The standard InChI is InChI=1S/C18H21FN6/c1-24(2)17-7-8-21-18(23-17)22-15-4-3-9-25(12-15)16-6-5-14(19)10-13(16)11-20/h5-8,10,15H,3-4,9,12H2,1-2H3,(H,21,22,23). The molecule has 1 aliphatic rings. The lowest BCUT2D eigenvalue weighted by molar-refractivity contribution is 0.527. The number of nitriles is 1. The average molecular weight is 340 g/mol. The predicted octanol–water partition coefficient (Wildman–Crippen LogP) is 2.63. The van der Waals surface area contributed by atoms with E-state index in [0.29, 0.717) is 11.5 Å². The summed E-state index contributed by atoms with van der Waals surface area (Å²) >= 11 is 0. The van der Waals surface area contributed by atoms with Gasteiger partial charge in [0.05, 0.1) is 11.3 Å². The average Bonchev–Trinajstić information content (AvgIpc) is 2.62. The molecule has 6 nitrogen and oxygen atoms in total. The molecule has 1 atom stereocenters. The summed E-state index contributed by atoms with van der Waals surface area (Å²) in [5, 5.41) is 12.7. The maximum Gasteiger partial charge on any atom is 0.224 e. The van der Waals surface area contributed by atoms with Gasteiger partial charge in [-0.05, 0) is 37.1 Å². The van der Waals surface area contributed by atoms with E-state index < -0.39 is 0 Å². The minimum atomic E-state index is -0.388. The smallest absolute Gasteiger partial charge is 0.224 e. The van der Waals surface area contributed by atoms with Crippen molar-refractivity contribution in [2.45, 2.75) is 18.9 Å². The van der Waals surface area contributed by atoms with Crippen LogP contribution < -0.4 is 15.1 Å². The van der Waals surface area contributed by atoms with E-state index in [1.807, 2.05) is 25.1 Å². The highest BCUT2D eigenvalue weighted by Crippen LogP contribution is 2.25. The van der Waals surface area contributed by atoms with E-state index in [4.69, 9.17) is 0 Å². The Kier molecular flexibility index (Phi) is 4.98. The number of nitrogens with zero attached hydrogens (tertiary/aromatic N) is 5. The van der Waals surface area contributed by atoms with Crippen molar-refractivity contribution in [3.8, 4) is 6.07 Å². The van der Waals surface area contributed by atoms with Crippen molar-refractivity contribution >= 4 is 17.5 Å². The van der Waals surface area contributed by atoms with E-state index >= 15 is 0 Å². The molecule has 2 heterocycles. The summed E-state index contributed by atoms with van der Waals surface area (Å²) < 4.78 is 13.4. The molecule has 0 aliphatic carbocycles. The second-order valence-corrected chi connectivity index (χ2v) is 6.34. The maximum atomic E-state index is 13.4. The van der Waals surface area contributed by atoms with Crippen LogP contribution in [-0.2, 0) is 0 Å². The fourth-order valence-electron chi connectivity index (χ4n) is 3.04. The first-order valence-corrected chi connectivity index (χ1v) is 8.28. The van der Waals surface area contributed by atoms with Gasteiger partial charge in [-0.3, -0.25) is 0 Å². The Balaban J connectivity index is 1.74. The number of anilines is 3. The Morgan fingerprint density at radius 2 is 2.20 bits per heavy atom. The lowest BCUT2D eigenvalue weighted by Crippen LogP contribution is -2.42. The minimum absolute atomic E-state index is 0.169. The van der Waals surface area contributed by atoms with Crippen LogP contribution >= 0.6 is 0 Å². The SMILES string of the molecule is CN(C)c1ccnc(NC2CCCN(c3ccc(F)cc3C#N)C2)n1. The number of nitrogens with one attached hydrogen (secondary N) is 1. The molecular weight excluding hydrogens is 319 g/mol. The molecule has 1 aromatic carbocycles. The van der Waals surface area contributed by atoms with Gasteiger partial charge >= 0.3 is 0 Å². The molecular formula is C18H21FN6. The van der Waals surface area contributed by atoms with Crippen molar-refractivity contribution in [1.82, 2.24) is 9.97 Å². The normalized spacial score (nSPS) is 17.0. The number of aromatic nitrogens is 2. The zero-order chi connectivity index (χ0) is 17.8. The molecule has 1 aromatic heterocycles. The van der Waals surface area contributed by atoms with Gasteiger partial charge in [0, 0.05) is 39.4 Å². The van der Waals surface area contributed by atoms with E-state index in [0.717, 1.165) is 37.4 Å². The summed E-state index contributed by atoms with van der Waals surface area (Å²) in [6, 6.07) is 8.48. The number of piperidine rings is 1. The third-order valence-electron chi connectivity index (χ3n) is 4.27. The molecule has 7 heteroatoms. The van der Waals surface area contributed by atoms with Crippen molar-refractivity contribution in [3.63, 3.8) is 0 Å². The molecule has 0 radical (unpaired) electrons. The Labute approximate surface area is 146 Å². The zero-order valence-electron chi connectivity index (χ0n) is 14.4. The molecule has 1 unspecified atom stereocenters. The molecule has 0 bridgehead atoms. The Morgan fingerprint density at radius 3 is 2.96 bits per heavy atom. The van der Waals surface area contributed by atoms with Crippen LogP contribution in [-0.4, -0.2) is 43.2 Å². The van der Waals surface area contributed by atoms with Gasteiger partial charge in [0.1, 0.15) is 17.7 Å². The maximum absolute atomic E-state index is 13.4. The third-order valence-corrected chi connectivity index (χ3v) is 4.27. The quantitative estimate of drug-likeness (QED) is 0.923. The van der Waals surface area contributed by atoms with Crippen molar-refractivity contribution in [2.24, 2.45) is 0 Å². The molecule has 0 saturated carbocycles. The Morgan fingerprint density at radius 1 is 1.36 bits per heavy atom. The zero-order valence-corrected chi connectivity index (χ0v) is 14.4. The van der Waals surface area contributed by atoms with Crippen molar-refractivity contribution in [1.29, 1.82) is 5.26 Å². The fraction of sp³-hybridized carbons (Fsp3) is 0.389. The van der Waals surface area contributed by atoms with E-state index in [2.05, 4.69) is 26.3 Å². The number of benzene rings is 1. The Hall–Kier alpha value is -2.88. The van der Waals surface area contributed by atoms with Gasteiger partial charge in [-0.15, -0.1) is 0 Å². The van der Waals surface area contributed by atoms with Gasteiger partial charge in [0.25, 0.3) is 0 Å². The molecule has 25 heavy (non-hydrogen) atoms. The van der Waals surface area contributed by atoms with Gasteiger partial charge in [-0.1, -0.05) is 0 Å². The molecule has 2 aromatic rings. The first-order valence-electron chi connectivity index (χ1n) is 8.28. The molecule has 1 aliphatic heterocycles. The lowest BCUT2D eigenvalue weighted by atomic mass is 10.0. The molecule has 1 saturated heterocycles. The van der Waals surface area contributed by atoms with Gasteiger partial charge in [0.15, 0.2) is 0 Å². The topological polar surface area (TPSA) is 68.1 Å². The van der Waals surface area contributed by atoms with Crippen LogP contribution in [0.1, 0.15) is 18.4 Å². The molecule has 0 spiro atoms. The summed E-state index contributed by atoms with van der Waals surface area (Å²) in [6.07, 6.45) is 3.71. The monoisotopic (exact) mass is 340 g/mol. The van der Waals surface area contributed by atoms with Crippen LogP contribution in [0.15, 0.2) is 30.5 Å². The first kappa shape index (κ1) is 17.0. The minimum Gasteiger partial charge on any atom is -0.368 e. The number of rotatable bonds is 4. The number of hydrogen-bond acceptors (Lipinski definition) is 6. The second-order valence-electron chi connectivity index (χ2n) is 6.34. The van der Waals surface area contributed by atoms with E-state index in [9.17, 15) is 9.65 Å². The number of hydrogen-bond donors (Lipinski definition) is 1. The summed E-state index contributed by atoms with van der Waals surface area (Å²) in [5.74, 6) is 1.05. The highest BCUT2D eigenvalue weighted by atomic mass is 19.1. The van der Waals surface area contributed by atoms with Crippen LogP contribution in [0.2, 0.25) is 0 Å². The Bertz CT molecular complexity index is 785. The van der Waals surface area contributed by atoms with Gasteiger partial charge < -0.3 is 15.1 Å². The van der Waals surface area contributed by atoms with Crippen molar-refractivity contribution < 1.29 is 4.39 Å². The number of halogens is 1. The molecule has 1 N–H and O–H groups in total. The summed E-state index contributed by atoms with van der Waals surface area (Å²) in [7, 11) is 3.87. The highest BCUT2D eigenvalue weighted by molar-refractivity contribution is 5.60. The summed E-state index contributed by atoms with van der Waals surface area (Å²) in [6.45, 7) is 1.56. The molecule has 1 fully saturated rings. The summed E-state index contributed by atoms with van der Waals surface area (Å²) in [4.78, 5) is 12.8. The van der Waals surface area contributed by atoms with Crippen LogP contribution in [0.3, 0.4) is 0 Å². The van der Waals surface area contributed by atoms with E-state index in [1.165, 1.54) is 12.1 Å². The first-order chi connectivity index (χ1) is 12.1.